The predicted octanol–water partition coefficient (Wildman–Crippen LogP) is 3.70. The normalized spacial score (nSPS) is 19.4. The van der Waals surface area contributed by atoms with Crippen molar-refractivity contribution in [2.45, 2.75) is 52.7 Å². The molecule has 11 heteroatoms. The van der Waals surface area contributed by atoms with Gasteiger partial charge in [-0.1, -0.05) is 23.9 Å². The number of benzene rings is 1. The zero-order valence-corrected chi connectivity index (χ0v) is 24.4. The van der Waals surface area contributed by atoms with E-state index in [2.05, 4.69) is 0 Å². The van der Waals surface area contributed by atoms with Gasteiger partial charge in [0, 0.05) is 44.4 Å². The summed E-state index contributed by atoms with van der Waals surface area (Å²) in [6, 6.07) is 4.87. The van der Waals surface area contributed by atoms with Crippen molar-refractivity contribution in [1.82, 2.24) is 14.7 Å². The van der Waals surface area contributed by atoms with Gasteiger partial charge in [-0.15, -0.1) is 0 Å². The minimum atomic E-state index is -0.715. The van der Waals surface area contributed by atoms with Crippen LogP contribution in [-0.4, -0.2) is 83.7 Å². The van der Waals surface area contributed by atoms with Gasteiger partial charge in [-0.2, -0.15) is 0 Å². The molecule has 4 rings (SSSR count). The van der Waals surface area contributed by atoms with E-state index in [9.17, 15) is 14.4 Å². The molecule has 3 aliphatic rings. The first kappa shape index (κ1) is 28.5. The Morgan fingerprint density at radius 3 is 2.31 bits per heavy atom. The molecule has 1 aromatic rings. The van der Waals surface area contributed by atoms with Crippen LogP contribution in [0, 0.1) is 0 Å². The quantitative estimate of drug-likeness (QED) is 0.489. The van der Waals surface area contributed by atoms with Gasteiger partial charge in [-0.25, -0.2) is 9.79 Å². The number of aliphatic imine (C=N–C) groups is 1. The van der Waals surface area contributed by atoms with Crippen molar-refractivity contribution >= 4 is 34.7 Å². The van der Waals surface area contributed by atoms with Gasteiger partial charge in [0.2, 0.25) is 11.8 Å². The molecule has 0 aliphatic carbocycles. The van der Waals surface area contributed by atoms with Crippen molar-refractivity contribution in [1.29, 1.82) is 0 Å². The average molecular weight is 557 g/mol. The molecule has 1 atom stereocenters. The molecular formula is C28H36N4O6S. The van der Waals surface area contributed by atoms with Gasteiger partial charge in [-0.05, 0) is 39.2 Å². The molecule has 3 heterocycles. The van der Waals surface area contributed by atoms with E-state index in [1.54, 1.807) is 43.9 Å². The van der Waals surface area contributed by atoms with Gasteiger partial charge in [-0.3, -0.25) is 9.59 Å². The van der Waals surface area contributed by atoms with Crippen LogP contribution in [0.1, 0.15) is 52.6 Å². The summed E-state index contributed by atoms with van der Waals surface area (Å²) >= 11 is 1.41. The molecule has 0 N–H and O–H groups in total. The Kier molecular flexibility index (Phi) is 8.29. The van der Waals surface area contributed by atoms with Crippen LogP contribution in [0.15, 0.2) is 45.6 Å². The third kappa shape index (κ3) is 5.93. The van der Waals surface area contributed by atoms with Crippen LogP contribution < -0.4 is 9.47 Å². The smallest absolute Gasteiger partial charge is 0.338 e. The number of allylic oxidation sites excluding steroid dienone is 1. The highest BCUT2D eigenvalue weighted by molar-refractivity contribution is 8.16. The Labute approximate surface area is 233 Å². The number of hydrogen-bond acceptors (Lipinski definition) is 9. The van der Waals surface area contributed by atoms with Gasteiger partial charge >= 0.3 is 5.97 Å². The number of fused-ring (bicyclic) bond motifs is 1. The standard InChI is InChI=1S/C28H36N4O6S/c1-17-23(26(35)38-28(3,4)5)24(20-9-8-10-21(36-6)25(20)37-7)32-19(16-39-27(32)29-17)15-22(34)31-13-11-30(12-14-31)18(2)33/h8-10,16,24H,11-15H2,1-7H3. The number of nitrogens with zero attached hydrogens (tertiary/aromatic N) is 4. The Morgan fingerprint density at radius 1 is 1.05 bits per heavy atom. The summed E-state index contributed by atoms with van der Waals surface area (Å²) < 4.78 is 17.2. The molecule has 39 heavy (non-hydrogen) atoms. The second-order valence-corrected chi connectivity index (χ2v) is 11.4. The summed E-state index contributed by atoms with van der Waals surface area (Å²) in [6.45, 7) is 10.8. The molecule has 3 aliphatic heterocycles. The Hall–Kier alpha value is -3.47. The number of piperazine rings is 1. The Bertz CT molecular complexity index is 1260. The molecule has 10 nitrogen and oxygen atoms in total. The first-order valence-electron chi connectivity index (χ1n) is 12.9. The lowest BCUT2D eigenvalue weighted by atomic mass is 9.92. The molecular weight excluding hydrogens is 520 g/mol. The number of carbonyl (C=O) groups is 3. The maximum absolute atomic E-state index is 13.6. The summed E-state index contributed by atoms with van der Waals surface area (Å²) in [5, 5.41) is 2.58. The summed E-state index contributed by atoms with van der Waals surface area (Å²) in [6.07, 6.45) is 0.121. The number of amidine groups is 1. The largest absolute Gasteiger partial charge is 0.493 e. The molecule has 1 unspecified atom stereocenters. The molecule has 0 aromatic heterocycles. The molecule has 0 spiro atoms. The number of thioether (sulfide) groups is 1. The van der Waals surface area contributed by atoms with Crippen LogP contribution in [0.25, 0.3) is 0 Å². The second kappa shape index (κ2) is 11.3. The van der Waals surface area contributed by atoms with Crippen molar-refractivity contribution in [3.05, 3.63) is 46.1 Å². The van der Waals surface area contributed by atoms with Crippen LogP contribution in [0.5, 0.6) is 11.5 Å². The third-order valence-electron chi connectivity index (χ3n) is 6.76. The molecule has 0 bridgehead atoms. The summed E-state index contributed by atoms with van der Waals surface area (Å²) in [7, 11) is 3.12. The average Bonchev–Trinajstić information content (AvgIpc) is 3.27. The number of hydrogen-bond donors (Lipinski definition) is 0. The number of rotatable bonds is 6. The maximum Gasteiger partial charge on any atom is 0.338 e. The van der Waals surface area contributed by atoms with Crippen molar-refractivity contribution < 1.29 is 28.6 Å². The number of amides is 2. The fourth-order valence-electron chi connectivity index (χ4n) is 4.92. The van der Waals surface area contributed by atoms with E-state index in [-0.39, 0.29) is 18.2 Å². The van der Waals surface area contributed by atoms with Gasteiger partial charge < -0.3 is 28.9 Å². The number of para-hydroxylation sites is 1. The Morgan fingerprint density at radius 2 is 1.72 bits per heavy atom. The maximum atomic E-state index is 13.6. The van der Waals surface area contributed by atoms with Crippen LogP contribution in [0.2, 0.25) is 0 Å². The van der Waals surface area contributed by atoms with E-state index in [1.165, 1.54) is 11.8 Å². The van der Waals surface area contributed by atoms with Crippen molar-refractivity contribution in [3.63, 3.8) is 0 Å². The zero-order valence-electron chi connectivity index (χ0n) is 23.6. The number of esters is 1. The van der Waals surface area contributed by atoms with E-state index >= 15 is 0 Å². The Balaban J connectivity index is 1.71. The van der Waals surface area contributed by atoms with E-state index < -0.39 is 17.6 Å². The molecule has 1 fully saturated rings. The van der Waals surface area contributed by atoms with Gasteiger partial charge in [0.1, 0.15) is 5.60 Å². The zero-order chi connectivity index (χ0) is 28.5. The van der Waals surface area contributed by atoms with Gasteiger partial charge in [0.05, 0.1) is 38.0 Å². The van der Waals surface area contributed by atoms with Crippen molar-refractivity contribution in [3.8, 4) is 11.5 Å². The minimum absolute atomic E-state index is 0.0121. The summed E-state index contributed by atoms with van der Waals surface area (Å²) in [5.41, 5.74) is 1.62. The van der Waals surface area contributed by atoms with Crippen LogP contribution in [0.4, 0.5) is 0 Å². The summed E-state index contributed by atoms with van der Waals surface area (Å²) in [4.78, 5) is 48.9. The molecule has 2 amide bonds. The number of carbonyl (C=O) groups excluding carboxylic acids is 3. The molecule has 0 radical (unpaired) electrons. The molecule has 1 aromatic carbocycles. The van der Waals surface area contributed by atoms with E-state index in [0.29, 0.717) is 59.7 Å². The fourth-order valence-corrected chi connectivity index (χ4v) is 5.89. The van der Waals surface area contributed by atoms with E-state index in [1.807, 2.05) is 43.2 Å². The van der Waals surface area contributed by atoms with Crippen LogP contribution in [0.3, 0.4) is 0 Å². The highest BCUT2D eigenvalue weighted by Crippen LogP contribution is 2.49. The third-order valence-corrected chi connectivity index (χ3v) is 7.65. The summed E-state index contributed by atoms with van der Waals surface area (Å²) in [5.74, 6) is 0.492. The van der Waals surface area contributed by atoms with Crippen molar-refractivity contribution in [2.24, 2.45) is 4.99 Å². The minimum Gasteiger partial charge on any atom is -0.493 e. The van der Waals surface area contributed by atoms with Crippen molar-refractivity contribution in [2.75, 3.05) is 40.4 Å². The first-order valence-corrected chi connectivity index (χ1v) is 13.7. The predicted molar refractivity (Wildman–Crippen MR) is 149 cm³/mol. The van der Waals surface area contributed by atoms with Gasteiger partial charge in [0.25, 0.3) is 0 Å². The lowest BCUT2D eigenvalue weighted by Gasteiger charge is -2.38. The van der Waals surface area contributed by atoms with E-state index in [0.717, 1.165) is 5.70 Å². The molecule has 0 saturated carbocycles. The monoisotopic (exact) mass is 556 g/mol. The highest BCUT2D eigenvalue weighted by Gasteiger charge is 2.43. The second-order valence-electron chi connectivity index (χ2n) is 10.5. The first-order chi connectivity index (χ1) is 18.4. The highest BCUT2D eigenvalue weighted by atomic mass is 32.2. The topological polar surface area (TPSA) is 101 Å². The van der Waals surface area contributed by atoms with Crippen LogP contribution in [-0.2, 0) is 19.1 Å². The van der Waals surface area contributed by atoms with E-state index in [4.69, 9.17) is 19.2 Å². The fraction of sp³-hybridized carbons (Fsp3) is 0.500. The number of methoxy groups -OCH3 is 2. The molecule has 1 saturated heterocycles. The van der Waals surface area contributed by atoms with Gasteiger partial charge in [0.15, 0.2) is 16.7 Å². The lowest BCUT2D eigenvalue weighted by Crippen LogP contribution is -2.50. The molecule has 210 valence electrons. The number of ether oxygens (including phenoxy) is 3. The van der Waals surface area contributed by atoms with Crippen LogP contribution >= 0.6 is 11.8 Å². The SMILES string of the molecule is COc1cccc(C2C(C(=O)OC(C)(C)C)=C(C)N=C3SC=C(CC(=O)N4CCN(C(C)=O)CC4)N32)c1OC. The lowest BCUT2D eigenvalue weighted by molar-refractivity contribution is -0.150.